The molecule has 0 amide bonds. The van der Waals surface area contributed by atoms with Gasteiger partial charge in [-0.15, -0.1) is 0 Å². The number of pyridine rings is 1. The number of aromatic nitrogens is 5. The Balaban J connectivity index is 1.43. The largest absolute Gasteiger partial charge is 0.480 e. The van der Waals surface area contributed by atoms with Crippen molar-refractivity contribution >= 4 is 39.8 Å². The predicted molar refractivity (Wildman–Crippen MR) is 129 cm³/mol. The number of benzene rings is 2. The van der Waals surface area contributed by atoms with Crippen LogP contribution >= 0.6 is 0 Å². The second-order valence-electron chi connectivity index (χ2n) is 8.32. The van der Waals surface area contributed by atoms with E-state index >= 15 is 0 Å². The molecule has 9 nitrogen and oxygen atoms in total. The van der Waals surface area contributed by atoms with Crippen LogP contribution in [0.5, 0.6) is 0 Å². The molecule has 6 rings (SSSR count). The van der Waals surface area contributed by atoms with Crippen LogP contribution in [0.15, 0.2) is 71.7 Å². The first-order valence-electron chi connectivity index (χ1n) is 11.2. The first-order chi connectivity index (χ1) is 16.6. The molecule has 1 unspecified atom stereocenters. The third kappa shape index (κ3) is 2.86. The molecule has 0 saturated heterocycles. The summed E-state index contributed by atoms with van der Waals surface area (Å²) in [6.07, 6.45) is 1.89. The van der Waals surface area contributed by atoms with Crippen molar-refractivity contribution in [3.8, 4) is 5.69 Å². The molecule has 0 bridgehead atoms. The second kappa shape index (κ2) is 7.58. The molecule has 170 valence electrons. The van der Waals surface area contributed by atoms with Crippen molar-refractivity contribution in [3.05, 3.63) is 77.3 Å². The lowest BCUT2D eigenvalue weighted by molar-refractivity contribution is -0.141. The van der Waals surface area contributed by atoms with Gasteiger partial charge in [0.05, 0.1) is 22.2 Å². The molecule has 34 heavy (non-hydrogen) atoms. The summed E-state index contributed by atoms with van der Waals surface area (Å²) in [5, 5.41) is 9.68. The first-order valence-corrected chi connectivity index (χ1v) is 11.2. The van der Waals surface area contributed by atoms with Crippen LogP contribution in [0.2, 0.25) is 0 Å². The maximum Gasteiger partial charge on any atom is 0.335 e. The summed E-state index contributed by atoms with van der Waals surface area (Å²) in [6, 6.07) is 18.2. The van der Waals surface area contributed by atoms with Crippen molar-refractivity contribution in [2.75, 3.05) is 11.4 Å². The Morgan fingerprint density at radius 1 is 1.00 bits per heavy atom. The van der Waals surface area contributed by atoms with Gasteiger partial charge < -0.3 is 14.6 Å². The summed E-state index contributed by atoms with van der Waals surface area (Å²) >= 11 is 0. The number of rotatable bonds is 5. The van der Waals surface area contributed by atoms with E-state index in [0.29, 0.717) is 16.9 Å². The monoisotopic (exact) mass is 454 g/mol. The van der Waals surface area contributed by atoms with E-state index in [4.69, 9.17) is 4.98 Å². The van der Waals surface area contributed by atoms with Crippen molar-refractivity contribution in [1.82, 2.24) is 23.7 Å². The van der Waals surface area contributed by atoms with Crippen LogP contribution in [-0.4, -0.2) is 41.3 Å². The smallest absolute Gasteiger partial charge is 0.335 e. The molecule has 2 aromatic carbocycles. The van der Waals surface area contributed by atoms with Gasteiger partial charge in [0, 0.05) is 25.0 Å². The number of anilines is 2. The minimum Gasteiger partial charge on any atom is -0.480 e. The fourth-order valence-electron chi connectivity index (χ4n) is 4.87. The maximum absolute atomic E-state index is 13.4. The average molecular weight is 454 g/mol. The lowest BCUT2D eigenvalue weighted by atomic mass is 10.2. The normalized spacial score (nSPS) is 14.1. The van der Waals surface area contributed by atoms with E-state index in [1.807, 2.05) is 42.5 Å². The minimum atomic E-state index is -1.04. The molecule has 0 spiro atoms. The van der Waals surface area contributed by atoms with Gasteiger partial charge in [0.25, 0.3) is 0 Å². The highest BCUT2D eigenvalue weighted by Gasteiger charge is 2.27. The van der Waals surface area contributed by atoms with E-state index in [9.17, 15) is 14.7 Å². The zero-order valence-corrected chi connectivity index (χ0v) is 18.5. The molecule has 1 atom stereocenters. The Morgan fingerprint density at radius 2 is 1.74 bits per heavy atom. The van der Waals surface area contributed by atoms with Gasteiger partial charge in [0.15, 0.2) is 5.65 Å². The number of aliphatic carboxylic acids is 1. The summed E-state index contributed by atoms with van der Waals surface area (Å²) in [5.74, 6) is -0.142. The van der Waals surface area contributed by atoms with E-state index in [1.165, 1.54) is 9.13 Å². The van der Waals surface area contributed by atoms with Crippen LogP contribution in [0.3, 0.4) is 0 Å². The minimum absolute atomic E-state index is 0.290. The molecule has 1 aliphatic rings. The number of para-hydroxylation sites is 2. The van der Waals surface area contributed by atoms with Crippen molar-refractivity contribution in [1.29, 1.82) is 0 Å². The number of fused-ring (bicyclic) bond motifs is 4. The van der Waals surface area contributed by atoms with Crippen LogP contribution < -0.4 is 10.6 Å². The molecule has 9 heteroatoms. The van der Waals surface area contributed by atoms with Gasteiger partial charge in [-0.25, -0.2) is 24.1 Å². The van der Waals surface area contributed by atoms with Crippen LogP contribution in [0, 0.1) is 0 Å². The number of imidazole rings is 2. The van der Waals surface area contributed by atoms with E-state index in [1.54, 1.807) is 25.3 Å². The SMILES string of the molecule is CCC(C(=O)O)n1c(=O)n(-c2ccc(N3CCn4c3nc3ccccc34)cc2)c2ncccc21. The van der Waals surface area contributed by atoms with Gasteiger partial charge in [-0.1, -0.05) is 19.1 Å². The lowest BCUT2D eigenvalue weighted by Crippen LogP contribution is -2.30. The number of hydrogen-bond donors (Lipinski definition) is 1. The standard InChI is InChI=1S/C25H22N6O3/c1-2-19(23(32)33)31-21-8-5-13-26-22(21)30(25(31)34)17-11-9-16(10-12-17)28-14-15-29-20-7-4-3-6-18(20)27-24(28)29/h3-13,19H,2,14-15H2,1H3,(H,32,33). The number of carboxylic acid groups (broad SMARTS) is 1. The molecular formula is C25H22N6O3. The predicted octanol–water partition coefficient (Wildman–Crippen LogP) is 3.72. The van der Waals surface area contributed by atoms with Crippen molar-refractivity contribution in [2.24, 2.45) is 0 Å². The molecule has 0 saturated carbocycles. The van der Waals surface area contributed by atoms with E-state index in [2.05, 4.69) is 20.5 Å². The van der Waals surface area contributed by atoms with Gasteiger partial charge in [0.1, 0.15) is 6.04 Å². The second-order valence-corrected chi connectivity index (χ2v) is 8.32. The Morgan fingerprint density at radius 3 is 2.50 bits per heavy atom. The third-order valence-electron chi connectivity index (χ3n) is 6.46. The number of hydrogen-bond acceptors (Lipinski definition) is 5. The summed E-state index contributed by atoms with van der Waals surface area (Å²) in [6.45, 7) is 3.41. The van der Waals surface area contributed by atoms with Crippen LogP contribution in [-0.2, 0) is 11.3 Å². The molecule has 1 N–H and O–H groups in total. The first kappa shape index (κ1) is 20.2. The zero-order chi connectivity index (χ0) is 23.4. The van der Waals surface area contributed by atoms with Gasteiger partial charge >= 0.3 is 11.7 Å². The van der Waals surface area contributed by atoms with Crippen LogP contribution in [0.25, 0.3) is 27.9 Å². The summed E-state index contributed by atoms with van der Waals surface area (Å²) in [7, 11) is 0. The Labute approximate surface area is 194 Å². The summed E-state index contributed by atoms with van der Waals surface area (Å²) < 4.78 is 5.01. The molecule has 1 aliphatic heterocycles. The molecule has 0 fully saturated rings. The number of nitrogens with zero attached hydrogens (tertiary/aromatic N) is 6. The summed E-state index contributed by atoms with van der Waals surface area (Å²) in [5.41, 5.74) is 4.20. The molecule has 4 heterocycles. The lowest BCUT2D eigenvalue weighted by Gasteiger charge is -2.16. The summed E-state index contributed by atoms with van der Waals surface area (Å²) in [4.78, 5) is 36.6. The van der Waals surface area contributed by atoms with Gasteiger partial charge in [-0.2, -0.15) is 0 Å². The highest BCUT2D eigenvalue weighted by molar-refractivity contribution is 5.82. The highest BCUT2D eigenvalue weighted by atomic mass is 16.4. The van der Waals surface area contributed by atoms with Gasteiger partial charge in [-0.3, -0.25) is 4.57 Å². The Kier molecular flexibility index (Phi) is 4.51. The quantitative estimate of drug-likeness (QED) is 0.435. The van der Waals surface area contributed by atoms with Crippen LogP contribution in [0.1, 0.15) is 19.4 Å². The van der Waals surface area contributed by atoms with Gasteiger partial charge in [-0.05, 0) is 55.0 Å². The fourth-order valence-corrected chi connectivity index (χ4v) is 4.87. The number of carboxylic acids is 1. The topological polar surface area (TPSA) is 98.2 Å². The van der Waals surface area contributed by atoms with E-state index < -0.39 is 17.7 Å². The zero-order valence-electron chi connectivity index (χ0n) is 18.5. The average Bonchev–Trinajstić information content (AvgIpc) is 3.50. The maximum atomic E-state index is 13.4. The molecule has 0 aliphatic carbocycles. The van der Waals surface area contributed by atoms with Crippen molar-refractivity contribution in [3.63, 3.8) is 0 Å². The Bertz CT molecular complexity index is 1610. The molecule has 5 aromatic rings. The molecule has 3 aromatic heterocycles. The van der Waals surface area contributed by atoms with Crippen LogP contribution in [0.4, 0.5) is 11.6 Å². The third-order valence-corrected chi connectivity index (χ3v) is 6.46. The van der Waals surface area contributed by atoms with Crippen molar-refractivity contribution < 1.29 is 9.90 Å². The fraction of sp³-hybridized carbons (Fsp3) is 0.200. The highest BCUT2D eigenvalue weighted by Crippen LogP contribution is 2.33. The van der Waals surface area contributed by atoms with Crippen molar-refractivity contribution in [2.45, 2.75) is 25.9 Å². The molecule has 0 radical (unpaired) electrons. The van der Waals surface area contributed by atoms with E-state index in [-0.39, 0.29) is 6.42 Å². The number of carbonyl (C=O) groups is 1. The van der Waals surface area contributed by atoms with E-state index in [0.717, 1.165) is 35.8 Å². The Hall–Kier alpha value is -4.40. The molecular weight excluding hydrogens is 432 g/mol. The van der Waals surface area contributed by atoms with Gasteiger partial charge in [0.2, 0.25) is 5.95 Å².